The number of thiophene rings is 1. The minimum atomic E-state index is -0.811. The molecule has 1 aliphatic rings. The van der Waals surface area contributed by atoms with Crippen LogP contribution in [0.1, 0.15) is 17.8 Å². The van der Waals surface area contributed by atoms with Crippen LogP contribution in [0.5, 0.6) is 0 Å². The highest BCUT2D eigenvalue weighted by Crippen LogP contribution is 2.27. The summed E-state index contributed by atoms with van der Waals surface area (Å²) in [6, 6.07) is 3.08. The summed E-state index contributed by atoms with van der Waals surface area (Å²) in [6.07, 6.45) is 0. The number of amides is 1. The van der Waals surface area contributed by atoms with E-state index < -0.39 is 17.9 Å². The molecule has 0 radical (unpaired) electrons. The molecule has 2 rings (SSSR count). The van der Waals surface area contributed by atoms with Crippen LogP contribution in [0, 0.1) is 11.8 Å². The molecular weight excluding hydrogens is 252 g/mol. The van der Waals surface area contributed by atoms with Gasteiger partial charge in [0.15, 0.2) is 0 Å². The lowest BCUT2D eigenvalue weighted by Crippen LogP contribution is -2.55. The van der Waals surface area contributed by atoms with Crippen LogP contribution in [-0.4, -0.2) is 35.0 Å². The molecule has 18 heavy (non-hydrogen) atoms. The molecule has 3 N–H and O–H groups in total. The van der Waals surface area contributed by atoms with E-state index in [0.717, 1.165) is 4.88 Å². The van der Waals surface area contributed by atoms with Gasteiger partial charge in [-0.1, -0.05) is 13.0 Å². The van der Waals surface area contributed by atoms with E-state index in [1.165, 1.54) is 11.3 Å². The number of likely N-dealkylation sites (tertiary alicyclic amines) is 1. The number of carbonyl (C=O) groups excluding carboxylic acids is 1. The second kappa shape index (κ2) is 5.07. The zero-order valence-electron chi connectivity index (χ0n) is 10.1. The average molecular weight is 268 g/mol. The van der Waals surface area contributed by atoms with Crippen LogP contribution in [0.2, 0.25) is 0 Å². The van der Waals surface area contributed by atoms with E-state index in [0.29, 0.717) is 13.1 Å². The first kappa shape index (κ1) is 13.0. The van der Waals surface area contributed by atoms with Crippen molar-refractivity contribution in [3.05, 3.63) is 22.4 Å². The van der Waals surface area contributed by atoms with Crippen molar-refractivity contribution < 1.29 is 14.7 Å². The van der Waals surface area contributed by atoms with E-state index in [4.69, 9.17) is 10.8 Å². The fraction of sp³-hybridized carbons (Fsp3) is 0.500. The van der Waals surface area contributed by atoms with Gasteiger partial charge in [-0.15, -0.1) is 11.3 Å². The molecule has 1 fully saturated rings. The summed E-state index contributed by atoms with van der Waals surface area (Å²) in [5.74, 6) is -1.30. The van der Waals surface area contributed by atoms with E-state index in [2.05, 4.69) is 0 Å². The fourth-order valence-corrected chi connectivity index (χ4v) is 2.72. The smallest absolute Gasteiger partial charge is 0.306 e. The molecule has 98 valence electrons. The molecule has 1 saturated heterocycles. The number of nitrogens with two attached hydrogens (primary N) is 1. The molecule has 2 atom stereocenters. The second-order valence-corrected chi connectivity index (χ2v) is 5.60. The van der Waals surface area contributed by atoms with E-state index in [1.807, 2.05) is 17.5 Å². The van der Waals surface area contributed by atoms with Crippen molar-refractivity contribution in [2.75, 3.05) is 13.1 Å². The number of carboxylic acid groups (broad SMARTS) is 1. The van der Waals surface area contributed by atoms with Crippen molar-refractivity contribution in [3.63, 3.8) is 0 Å². The van der Waals surface area contributed by atoms with E-state index in [1.54, 1.807) is 11.8 Å². The minimum Gasteiger partial charge on any atom is -0.481 e. The molecule has 0 aliphatic carbocycles. The normalized spacial score (nSPS) is 19.1. The van der Waals surface area contributed by atoms with Crippen molar-refractivity contribution in [3.8, 4) is 0 Å². The third-order valence-corrected chi connectivity index (χ3v) is 4.39. The SMILES string of the molecule is CC(C(=O)O)C1CN(C(=O)C(N)c2cccs2)C1. The molecule has 1 aromatic heterocycles. The summed E-state index contributed by atoms with van der Waals surface area (Å²) in [5, 5.41) is 10.8. The predicted molar refractivity (Wildman–Crippen MR) is 68.1 cm³/mol. The lowest BCUT2D eigenvalue weighted by Gasteiger charge is -2.42. The molecule has 0 saturated carbocycles. The third-order valence-electron chi connectivity index (χ3n) is 3.43. The Morgan fingerprint density at radius 1 is 1.56 bits per heavy atom. The Labute approximate surface area is 109 Å². The summed E-state index contributed by atoms with van der Waals surface area (Å²) >= 11 is 1.46. The van der Waals surface area contributed by atoms with Gasteiger partial charge in [0.25, 0.3) is 0 Å². The van der Waals surface area contributed by atoms with Gasteiger partial charge >= 0.3 is 5.97 Å². The Kier molecular flexibility index (Phi) is 3.68. The third kappa shape index (κ3) is 2.39. The maximum Gasteiger partial charge on any atom is 0.306 e. The van der Waals surface area contributed by atoms with Gasteiger partial charge in [-0.2, -0.15) is 0 Å². The lowest BCUT2D eigenvalue weighted by atomic mass is 9.86. The number of aliphatic carboxylic acids is 1. The van der Waals surface area contributed by atoms with Crippen LogP contribution in [0.3, 0.4) is 0 Å². The molecule has 0 aromatic carbocycles. The zero-order chi connectivity index (χ0) is 13.3. The number of hydrogen-bond acceptors (Lipinski definition) is 4. The van der Waals surface area contributed by atoms with E-state index >= 15 is 0 Å². The zero-order valence-corrected chi connectivity index (χ0v) is 10.9. The summed E-state index contributed by atoms with van der Waals surface area (Å²) in [4.78, 5) is 25.3. The minimum absolute atomic E-state index is 0.0435. The van der Waals surface area contributed by atoms with Crippen molar-refractivity contribution in [2.45, 2.75) is 13.0 Å². The molecule has 0 spiro atoms. The Bertz CT molecular complexity index is 440. The second-order valence-electron chi connectivity index (χ2n) is 4.62. The maximum atomic E-state index is 12.0. The molecule has 1 aliphatic heterocycles. The molecular formula is C12H16N2O3S. The van der Waals surface area contributed by atoms with Gasteiger partial charge in [0, 0.05) is 23.9 Å². The highest BCUT2D eigenvalue weighted by atomic mass is 32.1. The molecule has 5 nitrogen and oxygen atoms in total. The topological polar surface area (TPSA) is 83.6 Å². The molecule has 1 aromatic rings. The maximum absolute atomic E-state index is 12.0. The first-order chi connectivity index (χ1) is 8.50. The van der Waals surface area contributed by atoms with Gasteiger partial charge in [0.1, 0.15) is 6.04 Å². The van der Waals surface area contributed by atoms with Gasteiger partial charge in [-0.25, -0.2) is 0 Å². The van der Waals surface area contributed by atoms with Crippen LogP contribution >= 0.6 is 11.3 Å². The Balaban J connectivity index is 1.89. The highest BCUT2D eigenvalue weighted by molar-refractivity contribution is 7.10. The van der Waals surface area contributed by atoms with Gasteiger partial charge in [-0.3, -0.25) is 9.59 Å². The summed E-state index contributed by atoms with van der Waals surface area (Å²) < 4.78 is 0. The lowest BCUT2D eigenvalue weighted by molar-refractivity contribution is -0.151. The Morgan fingerprint density at radius 2 is 2.22 bits per heavy atom. The van der Waals surface area contributed by atoms with Gasteiger partial charge in [0.05, 0.1) is 5.92 Å². The predicted octanol–water partition coefficient (Wildman–Crippen LogP) is 0.927. The van der Waals surface area contributed by atoms with Crippen molar-refractivity contribution in [1.29, 1.82) is 0 Å². The first-order valence-corrected chi connectivity index (χ1v) is 6.69. The summed E-state index contributed by atoms with van der Waals surface area (Å²) in [6.45, 7) is 2.66. The number of nitrogens with zero attached hydrogens (tertiary/aromatic N) is 1. The standard InChI is InChI=1S/C12H16N2O3S/c1-7(12(16)17)8-5-14(6-8)11(15)10(13)9-3-2-4-18-9/h2-4,7-8,10H,5-6,13H2,1H3,(H,16,17). The average Bonchev–Trinajstić information content (AvgIpc) is 2.78. The monoisotopic (exact) mass is 268 g/mol. The van der Waals surface area contributed by atoms with E-state index in [9.17, 15) is 9.59 Å². The quantitative estimate of drug-likeness (QED) is 0.850. The fourth-order valence-electron chi connectivity index (χ4n) is 2.00. The summed E-state index contributed by atoms with van der Waals surface area (Å²) in [7, 11) is 0. The first-order valence-electron chi connectivity index (χ1n) is 5.81. The van der Waals surface area contributed by atoms with Crippen LogP contribution in [0.15, 0.2) is 17.5 Å². The summed E-state index contributed by atoms with van der Waals surface area (Å²) in [5.41, 5.74) is 5.88. The molecule has 2 unspecified atom stereocenters. The number of carbonyl (C=O) groups is 2. The molecule has 6 heteroatoms. The van der Waals surface area contributed by atoms with Crippen LogP contribution in [0.25, 0.3) is 0 Å². The van der Waals surface area contributed by atoms with E-state index in [-0.39, 0.29) is 11.8 Å². The molecule has 1 amide bonds. The van der Waals surface area contributed by atoms with Crippen LogP contribution in [-0.2, 0) is 9.59 Å². The number of hydrogen-bond donors (Lipinski definition) is 2. The Morgan fingerprint density at radius 3 is 2.72 bits per heavy atom. The van der Waals surface area contributed by atoms with Crippen molar-refractivity contribution in [1.82, 2.24) is 4.90 Å². The van der Waals surface area contributed by atoms with Gasteiger partial charge in [0.2, 0.25) is 5.91 Å². The van der Waals surface area contributed by atoms with Crippen molar-refractivity contribution >= 4 is 23.2 Å². The van der Waals surface area contributed by atoms with Crippen LogP contribution in [0.4, 0.5) is 0 Å². The molecule has 0 bridgehead atoms. The van der Waals surface area contributed by atoms with Crippen molar-refractivity contribution in [2.24, 2.45) is 17.6 Å². The largest absolute Gasteiger partial charge is 0.481 e. The molecule has 2 heterocycles. The Hall–Kier alpha value is -1.40. The number of rotatable bonds is 4. The highest BCUT2D eigenvalue weighted by Gasteiger charge is 2.38. The van der Waals surface area contributed by atoms with Gasteiger partial charge in [-0.05, 0) is 11.4 Å². The number of carboxylic acids is 1. The van der Waals surface area contributed by atoms with Crippen LogP contribution < -0.4 is 5.73 Å². The van der Waals surface area contributed by atoms with Gasteiger partial charge < -0.3 is 15.7 Å².